The van der Waals surface area contributed by atoms with Gasteiger partial charge in [0.25, 0.3) is 5.91 Å². The Balaban J connectivity index is 1.53. The summed E-state index contributed by atoms with van der Waals surface area (Å²) in [6.07, 6.45) is 1.57. The summed E-state index contributed by atoms with van der Waals surface area (Å²) < 4.78 is 5.47. The van der Waals surface area contributed by atoms with Crippen LogP contribution in [0, 0.1) is 0 Å². The van der Waals surface area contributed by atoms with Crippen molar-refractivity contribution in [3.63, 3.8) is 0 Å². The first-order valence-electron chi connectivity index (χ1n) is 8.34. The number of carbonyl (C=O) groups is 1. The number of benzene rings is 3. The molecule has 0 aliphatic heterocycles. The summed E-state index contributed by atoms with van der Waals surface area (Å²) in [5, 5.41) is 5.08. The van der Waals surface area contributed by atoms with E-state index in [0.717, 1.165) is 26.9 Å². The molecule has 0 spiro atoms. The Morgan fingerprint density at radius 2 is 1.65 bits per heavy atom. The van der Waals surface area contributed by atoms with E-state index in [2.05, 4.69) is 17.4 Å². The lowest BCUT2D eigenvalue weighted by Crippen LogP contribution is -2.13. The third-order valence-corrected chi connectivity index (χ3v) is 5.19. The zero-order chi connectivity index (χ0) is 17.8. The maximum atomic E-state index is 12.7. The Morgan fingerprint density at radius 1 is 0.885 bits per heavy atom. The molecule has 4 aromatic rings. The highest BCUT2D eigenvalue weighted by atomic mass is 32.2. The van der Waals surface area contributed by atoms with Gasteiger partial charge in [0.15, 0.2) is 5.76 Å². The number of hydrogen-bond acceptors (Lipinski definition) is 3. The highest BCUT2D eigenvalue weighted by Crippen LogP contribution is 2.27. The molecule has 0 saturated heterocycles. The maximum Gasteiger partial charge on any atom is 0.291 e. The summed E-state index contributed by atoms with van der Waals surface area (Å²) in [4.78, 5) is 13.9. The smallest absolute Gasteiger partial charge is 0.291 e. The van der Waals surface area contributed by atoms with Crippen LogP contribution in [0.25, 0.3) is 10.8 Å². The molecule has 0 aliphatic carbocycles. The fourth-order valence-electron chi connectivity index (χ4n) is 2.84. The first-order valence-corrected chi connectivity index (χ1v) is 9.33. The van der Waals surface area contributed by atoms with Crippen molar-refractivity contribution in [3.8, 4) is 0 Å². The minimum absolute atomic E-state index is 0.227. The molecule has 1 heterocycles. The van der Waals surface area contributed by atoms with Gasteiger partial charge < -0.3 is 9.73 Å². The molecule has 0 fully saturated rings. The predicted octanol–water partition coefficient (Wildman–Crippen LogP) is 5.98. The Morgan fingerprint density at radius 3 is 2.54 bits per heavy atom. The number of thioether (sulfide) groups is 1. The predicted molar refractivity (Wildman–Crippen MR) is 107 cm³/mol. The first kappa shape index (κ1) is 16.5. The molecular formula is C22H17NO2S. The topological polar surface area (TPSA) is 42.2 Å². The number of rotatable bonds is 5. The molecule has 0 atom stereocenters. The highest BCUT2D eigenvalue weighted by Gasteiger charge is 2.16. The second-order valence-corrected chi connectivity index (χ2v) is 6.91. The van der Waals surface area contributed by atoms with Gasteiger partial charge in [-0.1, -0.05) is 54.6 Å². The van der Waals surface area contributed by atoms with E-state index in [1.807, 2.05) is 66.7 Å². The number of fused-ring (bicyclic) bond motifs is 1. The number of carbonyl (C=O) groups excluding carboxylic acids is 1. The van der Waals surface area contributed by atoms with Crippen LogP contribution >= 0.6 is 11.8 Å². The molecule has 0 radical (unpaired) electrons. The molecule has 3 nitrogen and oxygen atoms in total. The van der Waals surface area contributed by atoms with Gasteiger partial charge in [0.2, 0.25) is 0 Å². The quantitative estimate of drug-likeness (QED) is 0.446. The average Bonchev–Trinajstić information content (AvgIpc) is 3.16. The second kappa shape index (κ2) is 7.50. The fourth-order valence-corrected chi connectivity index (χ4v) is 3.74. The van der Waals surface area contributed by atoms with E-state index in [9.17, 15) is 4.79 Å². The van der Waals surface area contributed by atoms with E-state index >= 15 is 0 Å². The molecule has 4 heteroatoms. The molecule has 26 heavy (non-hydrogen) atoms. The summed E-state index contributed by atoms with van der Waals surface area (Å²) in [5.41, 5.74) is 1.67. The van der Waals surface area contributed by atoms with E-state index in [-0.39, 0.29) is 5.91 Å². The lowest BCUT2D eigenvalue weighted by atomic mass is 10.1. The van der Waals surface area contributed by atoms with E-state index in [4.69, 9.17) is 4.42 Å². The molecule has 1 amide bonds. The molecule has 0 aliphatic rings. The number of nitrogens with one attached hydrogen (secondary N) is 1. The summed E-state index contributed by atoms with van der Waals surface area (Å²) in [7, 11) is 0. The molecule has 1 aromatic heterocycles. The van der Waals surface area contributed by atoms with Gasteiger partial charge in [-0.25, -0.2) is 0 Å². The number of furan rings is 1. The minimum Gasteiger partial charge on any atom is -0.459 e. The summed E-state index contributed by atoms with van der Waals surface area (Å²) in [6.45, 7) is 0. The van der Waals surface area contributed by atoms with Crippen LogP contribution in [0.3, 0.4) is 0 Å². The van der Waals surface area contributed by atoms with Crippen LogP contribution in [0.5, 0.6) is 0 Å². The van der Waals surface area contributed by atoms with E-state index in [0.29, 0.717) is 11.5 Å². The Kier molecular flexibility index (Phi) is 4.75. The Hall–Kier alpha value is -2.98. The standard InChI is InChI=1S/C22H17NO2S/c24-22(23-20-12-6-8-16-7-4-5-11-19(16)20)21-17(13-14-25-21)15-26-18-9-2-1-3-10-18/h1-14H,15H2,(H,23,24). The van der Waals surface area contributed by atoms with Crippen molar-refractivity contribution in [2.75, 3.05) is 5.32 Å². The van der Waals surface area contributed by atoms with Gasteiger partial charge >= 0.3 is 0 Å². The average molecular weight is 359 g/mol. The fraction of sp³-hybridized carbons (Fsp3) is 0.0455. The SMILES string of the molecule is O=C(Nc1cccc2ccccc12)c1occc1CSc1ccccc1. The number of amides is 1. The molecule has 1 N–H and O–H groups in total. The van der Waals surface area contributed by atoms with Crippen molar-refractivity contribution in [2.45, 2.75) is 10.6 Å². The van der Waals surface area contributed by atoms with Gasteiger partial charge in [0.1, 0.15) is 0 Å². The van der Waals surface area contributed by atoms with Gasteiger partial charge in [0, 0.05) is 27.3 Å². The van der Waals surface area contributed by atoms with E-state index in [1.165, 1.54) is 0 Å². The molecular weight excluding hydrogens is 342 g/mol. The van der Waals surface area contributed by atoms with Crippen molar-refractivity contribution in [2.24, 2.45) is 0 Å². The van der Waals surface area contributed by atoms with Crippen molar-refractivity contribution in [1.82, 2.24) is 0 Å². The monoisotopic (exact) mass is 359 g/mol. The zero-order valence-electron chi connectivity index (χ0n) is 14.0. The second-order valence-electron chi connectivity index (χ2n) is 5.86. The van der Waals surface area contributed by atoms with E-state index in [1.54, 1.807) is 18.0 Å². The number of hydrogen-bond donors (Lipinski definition) is 1. The van der Waals surface area contributed by atoms with Crippen LogP contribution in [-0.2, 0) is 5.75 Å². The third-order valence-electron chi connectivity index (χ3n) is 4.13. The van der Waals surface area contributed by atoms with Crippen LogP contribution in [0.4, 0.5) is 5.69 Å². The van der Waals surface area contributed by atoms with Crippen molar-refractivity contribution in [1.29, 1.82) is 0 Å². The zero-order valence-corrected chi connectivity index (χ0v) is 14.8. The molecule has 128 valence electrons. The first-order chi connectivity index (χ1) is 12.8. The summed E-state index contributed by atoms with van der Waals surface area (Å²) in [6, 6.07) is 25.8. The lowest BCUT2D eigenvalue weighted by molar-refractivity contribution is 0.0996. The van der Waals surface area contributed by atoms with Gasteiger partial charge in [0.05, 0.1) is 6.26 Å². The van der Waals surface area contributed by atoms with Gasteiger partial charge in [-0.15, -0.1) is 11.8 Å². The Labute approximate surface area is 156 Å². The molecule has 3 aromatic carbocycles. The summed E-state index contributed by atoms with van der Waals surface area (Å²) >= 11 is 1.68. The van der Waals surface area contributed by atoms with Gasteiger partial charge in [-0.3, -0.25) is 4.79 Å². The largest absolute Gasteiger partial charge is 0.459 e. The minimum atomic E-state index is -0.227. The maximum absolute atomic E-state index is 12.7. The van der Waals surface area contributed by atoms with Crippen LogP contribution in [0.15, 0.2) is 94.4 Å². The van der Waals surface area contributed by atoms with Crippen LogP contribution in [0.1, 0.15) is 16.1 Å². The molecule has 0 saturated carbocycles. The van der Waals surface area contributed by atoms with Crippen molar-refractivity contribution < 1.29 is 9.21 Å². The van der Waals surface area contributed by atoms with Crippen LogP contribution in [0.2, 0.25) is 0 Å². The van der Waals surface area contributed by atoms with Crippen molar-refractivity contribution >= 4 is 34.1 Å². The lowest BCUT2D eigenvalue weighted by Gasteiger charge is -2.08. The highest BCUT2D eigenvalue weighted by molar-refractivity contribution is 7.98. The third kappa shape index (κ3) is 3.51. The number of anilines is 1. The molecule has 0 unspecified atom stereocenters. The van der Waals surface area contributed by atoms with Gasteiger partial charge in [-0.2, -0.15) is 0 Å². The normalized spacial score (nSPS) is 10.8. The van der Waals surface area contributed by atoms with Crippen LogP contribution in [-0.4, -0.2) is 5.91 Å². The van der Waals surface area contributed by atoms with Crippen molar-refractivity contribution in [3.05, 3.63) is 96.4 Å². The molecule has 0 bridgehead atoms. The Bertz CT molecular complexity index is 1030. The van der Waals surface area contributed by atoms with Gasteiger partial charge in [-0.05, 0) is 29.7 Å². The van der Waals surface area contributed by atoms with E-state index < -0.39 is 0 Å². The molecule has 4 rings (SSSR count). The summed E-state index contributed by atoms with van der Waals surface area (Å²) in [5.74, 6) is 0.815. The van der Waals surface area contributed by atoms with Crippen LogP contribution < -0.4 is 5.32 Å².